The number of aliphatic hydroxyl groups is 1. The molecule has 0 fully saturated rings. The molecule has 5 aromatic carbocycles. The van der Waals surface area contributed by atoms with Crippen LogP contribution in [0.15, 0.2) is 294 Å². The van der Waals surface area contributed by atoms with Gasteiger partial charge in [0.25, 0.3) is 5.91 Å². The highest BCUT2D eigenvalue weighted by Gasteiger charge is 2.29. The second-order valence-electron chi connectivity index (χ2n) is 29.7. The summed E-state index contributed by atoms with van der Waals surface area (Å²) in [5.74, 6) is -5.43. The number of anilines is 6. The number of thiophene rings is 1. The molecule has 4 atom stereocenters. The molecule has 13 heterocycles. The summed E-state index contributed by atoms with van der Waals surface area (Å²) in [5.41, 5.74) is 29.6. The Labute approximate surface area is 863 Å². The number of aromatic hydroxyl groups is 1. The number of nitrogens with zero attached hydrogens (tertiary/aromatic N) is 12. The fraction of sp³-hybridized carbons (Fsp3) is 0.111. The van der Waals surface area contributed by atoms with Crippen LogP contribution in [0.3, 0.4) is 0 Å². The predicted octanol–water partition coefficient (Wildman–Crippen LogP) is 21.5. The SMILES string of the molecule is COc1ccc(CC(=O)Nc2nc(-c3ccncc3)cs2)cc1O.NCC(C(=O)Nc1nc(-c2ccncc2)cs1)c1ccc(F)cc1Cl.NCC(C(=O)Nc1nc(-c2ccncc2)cs1)c1cccc(Cl)c1Cl.NCCC(C(=O)Nc1nc(-c2ccncc2)cs1)c1ccccc1Cl.O=C(Cc1cccs1)Nc1nc(-c2ccncc2)cs1.O=C(Nc1nc(-c2ccncc2)cs1)C(O)c1ccc(F)cc1F. The second-order valence-corrected chi connectivity index (χ2v) is 37.5. The highest BCUT2D eigenvalue weighted by atomic mass is 35.5. The average Bonchev–Trinajstić information content (AvgIpc) is 1.80. The Kier molecular flexibility index (Phi) is 39.7. The molecule has 18 rings (SSSR count). The first kappa shape index (κ1) is 106. The number of benzene rings is 5. The molecule has 0 aliphatic carbocycles. The van der Waals surface area contributed by atoms with Crippen molar-refractivity contribution in [1.29, 1.82) is 0 Å². The third-order valence-corrected chi connectivity index (χ3v) is 27.1. The Hall–Kier alpha value is -14.3. The van der Waals surface area contributed by atoms with Crippen molar-refractivity contribution in [3.8, 4) is 79.0 Å². The van der Waals surface area contributed by atoms with E-state index in [4.69, 9.17) is 68.3 Å². The smallest absolute Gasteiger partial charge is 0.259 e. The van der Waals surface area contributed by atoms with Crippen LogP contribution in [0.1, 0.15) is 63.0 Å². The highest BCUT2D eigenvalue weighted by Crippen LogP contribution is 2.38. The molecule has 143 heavy (non-hydrogen) atoms. The molecule has 14 N–H and O–H groups in total. The van der Waals surface area contributed by atoms with Crippen molar-refractivity contribution in [3.63, 3.8) is 0 Å². The van der Waals surface area contributed by atoms with Gasteiger partial charge in [0.15, 0.2) is 48.4 Å². The van der Waals surface area contributed by atoms with Gasteiger partial charge in [-0.05, 0) is 162 Å². The largest absolute Gasteiger partial charge is 0.504 e. The molecule has 6 amide bonds. The van der Waals surface area contributed by atoms with E-state index < -0.39 is 47.2 Å². The Morgan fingerprint density at radius 1 is 0.371 bits per heavy atom. The molecule has 4 unspecified atom stereocenters. The minimum absolute atomic E-state index is 0.0111. The highest BCUT2D eigenvalue weighted by molar-refractivity contribution is 7.16. The minimum Gasteiger partial charge on any atom is -0.504 e. The molecule has 30 nitrogen and oxygen atoms in total. The standard InChI is InChI=1S/C18H17ClN4OS.C17H14Cl2N4OS.C17H14ClFN4OS.C17H15N3O3S.C16H11F2N3O2S.C14H11N3OS2/c19-15-4-2-1-3-13(15)14(5-8-20)17(24)23-18-22-16(11-25-18)12-6-9-21-10-7-12;18-13-3-1-2-11(15(13)19)12(8-20)16(24)23-17-22-14(9-25-17)10-4-6-21-7-5-10;18-14-7-11(19)1-2-12(14)13(8-20)16(24)23-17-22-15(9-25-17)10-3-5-21-6-4-10;1-23-15-3-2-11(8-14(15)21)9-16(22)20-17-19-13(10-24-17)12-4-6-18-7-5-12;17-10-1-2-11(12(18)7-10)14(22)15(23)21-16-20-13(8-24-16)9-3-5-19-6-4-9;18-13(8-11-2-1-7-19-11)17-14-16-12(9-20-14)10-3-5-15-6-4-10/h1-4,6-7,9-11,14H,5,8,20H2,(H,22,23,24);1-7,9,12H,8,20H2,(H,22,23,24);1-7,9,13H,8,20H2,(H,22,23,24);2-8,10,21H,9H2,1H3,(H,19,20,22);1-8,14,22H,(H,20,21,23);1-7,9H,8H2,(H,16,17,18). The van der Waals surface area contributed by atoms with Crippen LogP contribution >= 0.6 is 126 Å². The number of phenols is 1. The van der Waals surface area contributed by atoms with E-state index in [2.05, 4.69) is 91.7 Å². The number of aromatic nitrogens is 12. The van der Waals surface area contributed by atoms with Crippen LogP contribution in [-0.4, -0.2) is 132 Å². The summed E-state index contributed by atoms with van der Waals surface area (Å²) in [4.78, 5) is 125. The molecule has 0 saturated heterocycles. The van der Waals surface area contributed by atoms with Crippen molar-refractivity contribution in [2.24, 2.45) is 17.2 Å². The number of pyridine rings is 6. The number of amides is 6. The van der Waals surface area contributed by atoms with Gasteiger partial charge in [-0.15, -0.1) is 79.4 Å². The number of hydrogen-bond acceptors (Lipinski definition) is 31. The van der Waals surface area contributed by atoms with E-state index in [-0.39, 0.29) is 70.5 Å². The lowest BCUT2D eigenvalue weighted by atomic mass is 9.95. The van der Waals surface area contributed by atoms with Gasteiger partial charge >= 0.3 is 0 Å². The lowest BCUT2D eigenvalue weighted by molar-refractivity contribution is -0.124. The van der Waals surface area contributed by atoms with Crippen molar-refractivity contribution < 1.29 is 56.9 Å². The number of methoxy groups -OCH3 is 1. The lowest BCUT2D eigenvalue weighted by Gasteiger charge is -2.16. The van der Waals surface area contributed by atoms with Crippen molar-refractivity contribution in [2.75, 3.05) is 58.6 Å². The quantitative estimate of drug-likeness (QED) is 0.0207. The number of hydrogen-bond donors (Lipinski definition) is 11. The number of carbonyl (C=O) groups is 6. The molecule has 13 aromatic heterocycles. The monoisotopic (exact) mass is 2130 g/mol. The number of halogens is 7. The number of nitrogens with one attached hydrogen (secondary N) is 6. The number of aliphatic hydroxyl groups excluding tert-OH is 1. The fourth-order valence-electron chi connectivity index (χ4n) is 13.1. The zero-order valence-corrected chi connectivity index (χ0v) is 83.4. The molecule has 0 saturated carbocycles. The summed E-state index contributed by atoms with van der Waals surface area (Å²) in [6.45, 7) is 0.539. The van der Waals surface area contributed by atoms with E-state index in [0.717, 1.165) is 102 Å². The van der Waals surface area contributed by atoms with Gasteiger partial charge in [0.1, 0.15) is 17.5 Å². The first-order valence-electron chi connectivity index (χ1n) is 42.6. The first-order valence-corrected chi connectivity index (χ1v) is 50.3. The normalized spacial score (nSPS) is 11.5. The fourth-order valence-corrected chi connectivity index (χ4v) is 19.2. The molecule has 18 aromatic rings. The third-order valence-electron chi connectivity index (χ3n) is 20.2. The predicted molar refractivity (Wildman–Crippen MR) is 561 cm³/mol. The molecule has 0 aliphatic rings. The number of carbonyl (C=O) groups excluding carboxylic acids is 6. The number of ether oxygens (including phenoxy) is 1. The summed E-state index contributed by atoms with van der Waals surface area (Å²) in [5, 5.41) is 53.6. The maximum atomic E-state index is 13.6. The molecule has 44 heteroatoms. The van der Waals surface area contributed by atoms with Crippen molar-refractivity contribution in [1.82, 2.24) is 59.8 Å². The van der Waals surface area contributed by atoms with Gasteiger partial charge in [-0.2, -0.15) is 0 Å². The van der Waals surface area contributed by atoms with Crippen LogP contribution in [0, 0.1) is 17.5 Å². The maximum absolute atomic E-state index is 13.6. The van der Waals surface area contributed by atoms with Gasteiger partial charge in [0, 0.05) is 180 Å². The summed E-state index contributed by atoms with van der Waals surface area (Å²) >= 11 is 34.1. The van der Waals surface area contributed by atoms with E-state index in [1.807, 2.05) is 123 Å². The van der Waals surface area contributed by atoms with E-state index in [1.54, 1.807) is 140 Å². The minimum atomic E-state index is -1.76. The summed E-state index contributed by atoms with van der Waals surface area (Å²) in [6, 6.07) is 49.9. The van der Waals surface area contributed by atoms with Crippen LogP contribution in [-0.2, 0) is 41.6 Å². The Morgan fingerprint density at radius 2 is 0.727 bits per heavy atom. The third kappa shape index (κ3) is 30.9. The zero-order chi connectivity index (χ0) is 101. The van der Waals surface area contributed by atoms with E-state index in [1.165, 1.54) is 82.0 Å². The Morgan fingerprint density at radius 3 is 1.10 bits per heavy atom. The molecule has 728 valence electrons. The van der Waals surface area contributed by atoms with Crippen molar-refractivity contribution in [3.05, 3.63) is 364 Å². The van der Waals surface area contributed by atoms with Crippen LogP contribution < -0.4 is 53.8 Å². The van der Waals surface area contributed by atoms with Crippen LogP contribution in [0.2, 0.25) is 20.1 Å². The summed E-state index contributed by atoms with van der Waals surface area (Å²) in [6.07, 6.45) is 19.5. The molecule has 0 spiro atoms. The van der Waals surface area contributed by atoms with Crippen molar-refractivity contribution >= 4 is 192 Å². The number of nitrogens with two attached hydrogens (primary N) is 3. The van der Waals surface area contributed by atoms with E-state index >= 15 is 0 Å². The molecule has 0 aliphatic heterocycles. The van der Waals surface area contributed by atoms with Gasteiger partial charge in [0.05, 0.1) is 81.9 Å². The van der Waals surface area contributed by atoms with Gasteiger partial charge in [0.2, 0.25) is 29.5 Å². The maximum Gasteiger partial charge on any atom is 0.259 e. The van der Waals surface area contributed by atoms with Gasteiger partial charge in [-0.3, -0.25) is 64.0 Å². The van der Waals surface area contributed by atoms with Gasteiger partial charge in [-0.1, -0.05) is 101 Å². The molecule has 0 radical (unpaired) electrons. The second kappa shape index (κ2) is 53.5. The lowest BCUT2D eigenvalue weighted by Crippen LogP contribution is -2.27. The van der Waals surface area contributed by atoms with Crippen molar-refractivity contribution in [2.45, 2.75) is 43.1 Å². The zero-order valence-electron chi connectivity index (χ0n) is 74.7. The summed E-state index contributed by atoms with van der Waals surface area (Å²) in [7, 11) is 1.48. The van der Waals surface area contributed by atoms with Crippen LogP contribution in [0.25, 0.3) is 67.5 Å². The van der Waals surface area contributed by atoms with Crippen LogP contribution in [0.5, 0.6) is 11.5 Å². The molecular weight excluding hydrogens is 2050 g/mol. The molecule has 0 bridgehead atoms. The average molecular weight is 2130 g/mol. The topological polar surface area (TPSA) is 457 Å². The Bertz CT molecular complexity index is 7250. The molecular formula is C99H82Cl4F3N21O9S7. The van der Waals surface area contributed by atoms with Crippen LogP contribution in [0.4, 0.5) is 44.0 Å². The summed E-state index contributed by atoms with van der Waals surface area (Å²) < 4.78 is 44.7. The van der Waals surface area contributed by atoms with E-state index in [9.17, 15) is 52.2 Å². The first-order chi connectivity index (χ1) is 69.4. The van der Waals surface area contributed by atoms with E-state index in [0.29, 0.717) is 94.3 Å². The van der Waals surface area contributed by atoms with Gasteiger partial charge in [-0.25, -0.2) is 43.1 Å². The van der Waals surface area contributed by atoms with Gasteiger partial charge < -0.3 is 58.7 Å². The number of phenolic OH excluding ortho intramolecular Hbond substituents is 1. The Balaban J connectivity index is 0.000000144. The number of rotatable bonds is 29. The number of thiazole rings is 6.